The summed E-state index contributed by atoms with van der Waals surface area (Å²) < 4.78 is 5.32. The average Bonchev–Trinajstić information content (AvgIpc) is 3.52. The predicted molar refractivity (Wildman–Crippen MR) is 125 cm³/mol. The van der Waals surface area contributed by atoms with E-state index in [1.54, 1.807) is 12.1 Å². The summed E-state index contributed by atoms with van der Waals surface area (Å²) in [5, 5.41) is 14.6. The second-order valence-corrected chi connectivity index (χ2v) is 9.83. The number of benzene rings is 2. The Balaban J connectivity index is 1.55. The molecule has 3 fully saturated rings. The van der Waals surface area contributed by atoms with Crippen LogP contribution in [0.3, 0.4) is 0 Å². The molecule has 2 aromatic carbocycles. The first-order valence-corrected chi connectivity index (χ1v) is 11.7. The number of amides is 3. The van der Waals surface area contributed by atoms with Gasteiger partial charge in [-0.15, -0.1) is 0 Å². The fraction of sp³-hybridized carbons (Fsp3) is 0.375. The van der Waals surface area contributed by atoms with Crippen LogP contribution in [0.2, 0.25) is 5.02 Å². The van der Waals surface area contributed by atoms with Crippen LogP contribution in [0.15, 0.2) is 30.3 Å². The van der Waals surface area contributed by atoms with Crippen LogP contribution in [0.1, 0.15) is 24.0 Å². The number of imide groups is 1. The number of halogens is 1. The van der Waals surface area contributed by atoms with Gasteiger partial charge in [0.1, 0.15) is 11.3 Å². The molecule has 3 amide bonds. The normalized spacial score (nSPS) is 28.9. The van der Waals surface area contributed by atoms with Crippen molar-refractivity contribution in [2.75, 3.05) is 23.9 Å². The van der Waals surface area contributed by atoms with Crippen molar-refractivity contribution in [2.45, 2.75) is 31.3 Å². The molecule has 0 unspecified atom stereocenters. The molecule has 0 aromatic heterocycles. The zero-order chi connectivity index (χ0) is 24.8. The molecular weight excluding hydrogens is 476 g/mol. The first kappa shape index (κ1) is 22.0. The second-order valence-electron chi connectivity index (χ2n) is 9.40. The number of hydrogen-bond acceptors (Lipinski definition) is 7. The number of anilines is 2. The number of rotatable bonds is 3. The highest BCUT2D eigenvalue weighted by molar-refractivity contribution is 6.31. The topological polar surface area (TPSA) is 122 Å². The predicted octanol–water partition coefficient (Wildman–Crippen LogP) is 3.00. The third-order valence-corrected chi connectivity index (χ3v) is 8.10. The molecule has 0 saturated carbocycles. The highest BCUT2D eigenvalue weighted by atomic mass is 35.5. The first-order chi connectivity index (χ1) is 16.7. The number of nitrogens with zero attached hydrogens (tertiary/aromatic N) is 3. The summed E-state index contributed by atoms with van der Waals surface area (Å²) in [6.07, 6.45) is 1.47. The molecule has 11 heteroatoms. The third-order valence-electron chi connectivity index (χ3n) is 7.88. The van der Waals surface area contributed by atoms with E-state index in [1.165, 1.54) is 25.3 Å². The van der Waals surface area contributed by atoms with Crippen LogP contribution >= 0.6 is 11.6 Å². The number of non-ortho nitro benzene ring substituents is 1. The van der Waals surface area contributed by atoms with E-state index in [2.05, 4.69) is 5.32 Å². The molecule has 35 heavy (non-hydrogen) atoms. The smallest absolute Gasteiger partial charge is 0.273 e. The summed E-state index contributed by atoms with van der Waals surface area (Å²) in [7, 11) is 1.32. The lowest BCUT2D eigenvalue weighted by Crippen LogP contribution is -2.54. The standard InChI is InChI=1S/C24H21ClN4O6/c1-11-8-12(25)9-14-20(11)26-23(32)24(14)19-18(16-4-3-7-27(16)24)21(30)28(22(19)31)15-6-5-13(29(33)34)10-17(15)35-2/h5-6,8-10,16,18-19H,3-4,7H2,1-2H3,(H,26,32)/t16-,18+,19-,24+/m0/s1. The van der Waals surface area contributed by atoms with Gasteiger partial charge in [0.15, 0.2) is 0 Å². The summed E-state index contributed by atoms with van der Waals surface area (Å²) in [6.45, 7) is 2.42. The quantitative estimate of drug-likeness (QED) is 0.393. The number of methoxy groups -OCH3 is 1. The molecule has 1 N–H and O–H groups in total. The Morgan fingerprint density at radius 3 is 2.69 bits per heavy atom. The minimum atomic E-state index is -1.35. The van der Waals surface area contributed by atoms with E-state index >= 15 is 0 Å². The fourth-order valence-electron chi connectivity index (χ4n) is 6.64. The number of nitro benzene ring substituents is 1. The molecule has 180 valence electrons. The summed E-state index contributed by atoms with van der Waals surface area (Å²) in [4.78, 5) is 55.4. The second kappa shape index (κ2) is 7.25. The van der Waals surface area contributed by atoms with Crippen LogP contribution in [0.5, 0.6) is 5.75 Å². The Bertz CT molecular complexity index is 1360. The van der Waals surface area contributed by atoms with Gasteiger partial charge >= 0.3 is 0 Å². The molecule has 3 saturated heterocycles. The minimum Gasteiger partial charge on any atom is -0.494 e. The van der Waals surface area contributed by atoms with Crippen molar-refractivity contribution < 1.29 is 24.0 Å². The van der Waals surface area contributed by atoms with Crippen LogP contribution in [0.25, 0.3) is 0 Å². The number of nitrogens with one attached hydrogen (secondary N) is 1. The van der Waals surface area contributed by atoms with Gasteiger partial charge in [-0.05, 0) is 50.1 Å². The maximum atomic E-state index is 14.1. The van der Waals surface area contributed by atoms with Crippen LogP contribution in [-0.4, -0.2) is 47.2 Å². The van der Waals surface area contributed by atoms with Gasteiger partial charge in [0.25, 0.3) is 5.69 Å². The first-order valence-electron chi connectivity index (χ1n) is 11.3. The lowest BCUT2D eigenvalue weighted by Gasteiger charge is -2.36. The van der Waals surface area contributed by atoms with Crippen molar-refractivity contribution in [3.05, 3.63) is 56.6 Å². The number of carbonyl (C=O) groups is 3. The van der Waals surface area contributed by atoms with Gasteiger partial charge in [0, 0.05) is 28.4 Å². The Labute approximate surface area is 204 Å². The van der Waals surface area contributed by atoms with Crippen LogP contribution in [0.4, 0.5) is 17.1 Å². The Kier molecular flexibility index (Phi) is 4.56. The minimum absolute atomic E-state index is 0.0355. The van der Waals surface area contributed by atoms with E-state index in [-0.39, 0.29) is 29.1 Å². The lowest BCUT2D eigenvalue weighted by molar-refractivity contribution is -0.384. The molecule has 0 aliphatic carbocycles. The molecule has 2 aromatic rings. The molecule has 0 radical (unpaired) electrons. The van der Waals surface area contributed by atoms with Gasteiger partial charge in [-0.2, -0.15) is 0 Å². The fourth-order valence-corrected chi connectivity index (χ4v) is 6.91. The molecule has 0 bridgehead atoms. The van der Waals surface area contributed by atoms with Crippen molar-refractivity contribution in [3.63, 3.8) is 0 Å². The van der Waals surface area contributed by atoms with E-state index in [9.17, 15) is 24.5 Å². The summed E-state index contributed by atoms with van der Waals surface area (Å²) in [5.41, 5.74) is 0.567. The Morgan fingerprint density at radius 2 is 1.97 bits per heavy atom. The molecule has 4 atom stereocenters. The third kappa shape index (κ3) is 2.61. The van der Waals surface area contributed by atoms with E-state index in [0.717, 1.165) is 16.9 Å². The van der Waals surface area contributed by atoms with Crippen LogP contribution in [0, 0.1) is 28.9 Å². The van der Waals surface area contributed by atoms with E-state index in [4.69, 9.17) is 16.3 Å². The van der Waals surface area contributed by atoms with Gasteiger partial charge in [0.2, 0.25) is 17.7 Å². The van der Waals surface area contributed by atoms with Gasteiger partial charge in [-0.25, -0.2) is 4.90 Å². The van der Waals surface area contributed by atoms with Gasteiger partial charge in [0.05, 0.1) is 35.6 Å². The highest BCUT2D eigenvalue weighted by Crippen LogP contribution is 2.61. The number of hydrogen-bond donors (Lipinski definition) is 1. The van der Waals surface area contributed by atoms with Crippen molar-refractivity contribution in [1.29, 1.82) is 0 Å². The zero-order valence-corrected chi connectivity index (χ0v) is 19.7. The number of fused-ring (bicyclic) bond motifs is 7. The number of ether oxygens (including phenoxy) is 1. The molecule has 1 spiro atoms. The number of nitro groups is 1. The molecule has 6 rings (SSSR count). The van der Waals surface area contributed by atoms with E-state index < -0.39 is 34.1 Å². The van der Waals surface area contributed by atoms with Crippen LogP contribution in [-0.2, 0) is 19.9 Å². The molecule has 4 aliphatic rings. The Morgan fingerprint density at radius 1 is 1.20 bits per heavy atom. The number of aryl methyl sites for hydroxylation is 1. The van der Waals surface area contributed by atoms with E-state index in [0.29, 0.717) is 29.2 Å². The van der Waals surface area contributed by atoms with Crippen LogP contribution < -0.4 is 15.0 Å². The van der Waals surface area contributed by atoms with Crippen molar-refractivity contribution >= 4 is 46.4 Å². The average molecular weight is 497 g/mol. The van der Waals surface area contributed by atoms with Gasteiger partial charge in [-0.1, -0.05) is 11.6 Å². The molecule has 4 heterocycles. The largest absolute Gasteiger partial charge is 0.494 e. The SMILES string of the molecule is COc1cc([N+](=O)[O-])ccc1N1C(=O)[C@H]2[C@@H](C1=O)[C@]1(C(=O)Nc3c(C)cc(Cl)cc31)N1CCC[C@@H]21. The van der Waals surface area contributed by atoms with Gasteiger partial charge < -0.3 is 10.1 Å². The van der Waals surface area contributed by atoms with Crippen molar-refractivity contribution in [1.82, 2.24) is 4.90 Å². The zero-order valence-electron chi connectivity index (χ0n) is 18.9. The summed E-state index contributed by atoms with van der Waals surface area (Å²) >= 11 is 6.40. The lowest BCUT2D eigenvalue weighted by atomic mass is 9.75. The highest BCUT2D eigenvalue weighted by Gasteiger charge is 2.75. The van der Waals surface area contributed by atoms with Gasteiger partial charge in [-0.3, -0.25) is 29.4 Å². The molecule has 10 nitrogen and oxygen atoms in total. The van der Waals surface area contributed by atoms with E-state index in [1.807, 2.05) is 11.8 Å². The monoisotopic (exact) mass is 496 g/mol. The Hall–Kier alpha value is -3.50. The number of carbonyl (C=O) groups excluding carboxylic acids is 3. The molecular formula is C24H21ClN4O6. The maximum Gasteiger partial charge on any atom is 0.273 e. The van der Waals surface area contributed by atoms with Crippen molar-refractivity contribution in [2.24, 2.45) is 11.8 Å². The summed E-state index contributed by atoms with van der Waals surface area (Å²) in [6, 6.07) is 6.93. The maximum absolute atomic E-state index is 14.1. The molecule has 4 aliphatic heterocycles. The summed E-state index contributed by atoms with van der Waals surface area (Å²) in [5.74, 6) is -2.95. The van der Waals surface area contributed by atoms with Crippen molar-refractivity contribution in [3.8, 4) is 5.75 Å².